The molecule has 2 aromatic rings. The molecule has 2 N–H and O–H groups in total. The van der Waals surface area contributed by atoms with Gasteiger partial charge in [-0.15, -0.1) is 24.0 Å². The molecule has 0 atom stereocenters. The Morgan fingerprint density at radius 2 is 1.81 bits per heavy atom. The number of carbonyl (C=O) groups is 1. The summed E-state index contributed by atoms with van der Waals surface area (Å²) in [7, 11) is 5.05. The standard InChI is InChI=1S/C23H29FN4O2.HI/c1-28(2)21(29)15-26-22(25-14-17-8-10-18(30-3)11-9-17)27-16-23(12-13-23)19-6-4-5-7-20(19)24;/h4-11H,12-16H2,1-3H3,(H2,25,26,27);1H. The largest absolute Gasteiger partial charge is 0.497 e. The normalized spacial score (nSPS) is 14.3. The van der Waals surface area contributed by atoms with Crippen molar-refractivity contribution in [1.82, 2.24) is 15.5 Å². The molecule has 0 spiro atoms. The summed E-state index contributed by atoms with van der Waals surface area (Å²) in [6.07, 6.45) is 1.84. The van der Waals surface area contributed by atoms with Crippen LogP contribution >= 0.6 is 24.0 Å². The number of ether oxygens (including phenoxy) is 1. The van der Waals surface area contributed by atoms with Gasteiger partial charge in [0.2, 0.25) is 5.91 Å². The number of rotatable bonds is 8. The number of amides is 1. The van der Waals surface area contributed by atoms with Gasteiger partial charge in [-0.1, -0.05) is 30.3 Å². The number of hydrogen-bond acceptors (Lipinski definition) is 3. The molecular weight excluding hydrogens is 510 g/mol. The Bertz CT molecular complexity index is 899. The van der Waals surface area contributed by atoms with Crippen LogP contribution in [0.3, 0.4) is 0 Å². The number of methoxy groups -OCH3 is 1. The average molecular weight is 540 g/mol. The van der Waals surface area contributed by atoms with Crippen LogP contribution in [0.2, 0.25) is 0 Å². The van der Waals surface area contributed by atoms with Gasteiger partial charge in [-0.2, -0.15) is 0 Å². The third-order valence-corrected chi connectivity index (χ3v) is 5.38. The van der Waals surface area contributed by atoms with E-state index in [0.717, 1.165) is 29.7 Å². The second-order valence-corrected chi connectivity index (χ2v) is 7.77. The van der Waals surface area contributed by atoms with Crippen LogP contribution in [0.4, 0.5) is 4.39 Å². The molecule has 31 heavy (non-hydrogen) atoms. The van der Waals surface area contributed by atoms with Gasteiger partial charge in [0.1, 0.15) is 11.6 Å². The van der Waals surface area contributed by atoms with Gasteiger partial charge < -0.3 is 20.3 Å². The van der Waals surface area contributed by atoms with E-state index in [9.17, 15) is 9.18 Å². The molecule has 168 valence electrons. The number of hydrogen-bond donors (Lipinski definition) is 2. The van der Waals surface area contributed by atoms with Crippen molar-refractivity contribution < 1.29 is 13.9 Å². The Labute approximate surface area is 200 Å². The minimum atomic E-state index is -0.223. The van der Waals surface area contributed by atoms with Crippen LogP contribution in [-0.4, -0.2) is 51.1 Å². The first-order valence-electron chi connectivity index (χ1n) is 10.0. The zero-order valence-corrected chi connectivity index (χ0v) is 20.5. The highest BCUT2D eigenvalue weighted by Crippen LogP contribution is 2.48. The van der Waals surface area contributed by atoms with Gasteiger partial charge in [-0.3, -0.25) is 4.79 Å². The van der Waals surface area contributed by atoms with E-state index in [1.54, 1.807) is 27.3 Å². The lowest BCUT2D eigenvalue weighted by atomic mass is 9.95. The van der Waals surface area contributed by atoms with Crippen molar-refractivity contribution in [1.29, 1.82) is 0 Å². The zero-order valence-electron chi connectivity index (χ0n) is 18.2. The maximum Gasteiger partial charge on any atom is 0.241 e. The molecule has 8 heteroatoms. The van der Waals surface area contributed by atoms with Gasteiger partial charge in [0, 0.05) is 26.1 Å². The van der Waals surface area contributed by atoms with Crippen molar-refractivity contribution in [3.8, 4) is 5.75 Å². The van der Waals surface area contributed by atoms with E-state index in [1.165, 1.54) is 11.0 Å². The number of guanidine groups is 1. The number of carbonyl (C=O) groups excluding carboxylic acids is 1. The van der Waals surface area contributed by atoms with Crippen molar-refractivity contribution in [2.75, 3.05) is 34.3 Å². The van der Waals surface area contributed by atoms with Crippen LogP contribution in [0.5, 0.6) is 5.75 Å². The molecule has 0 bridgehead atoms. The minimum Gasteiger partial charge on any atom is -0.497 e. The second kappa shape index (κ2) is 11.3. The summed E-state index contributed by atoms with van der Waals surface area (Å²) in [5.74, 6) is 1.09. The molecule has 0 aromatic heterocycles. The molecule has 2 aromatic carbocycles. The topological polar surface area (TPSA) is 66.0 Å². The summed E-state index contributed by atoms with van der Waals surface area (Å²) in [4.78, 5) is 18.1. The summed E-state index contributed by atoms with van der Waals surface area (Å²) in [6, 6.07) is 14.6. The number of nitrogens with zero attached hydrogens (tertiary/aromatic N) is 2. The number of halogens is 2. The van der Waals surface area contributed by atoms with Crippen molar-refractivity contribution in [3.63, 3.8) is 0 Å². The van der Waals surface area contributed by atoms with Crippen LogP contribution in [0.15, 0.2) is 53.5 Å². The summed E-state index contributed by atoms with van der Waals surface area (Å²) in [6.45, 7) is 1.13. The number of likely N-dealkylation sites (N-methyl/N-ethyl adjacent to an activating group) is 1. The molecule has 1 aliphatic carbocycles. The Morgan fingerprint density at radius 3 is 2.39 bits per heavy atom. The quantitative estimate of drug-likeness (QED) is 0.307. The molecule has 1 aliphatic rings. The van der Waals surface area contributed by atoms with Crippen LogP contribution in [0, 0.1) is 5.82 Å². The Kier molecular flexibility index (Phi) is 9.09. The summed E-state index contributed by atoms with van der Waals surface area (Å²) >= 11 is 0. The third-order valence-electron chi connectivity index (χ3n) is 5.38. The molecule has 1 saturated carbocycles. The molecule has 0 heterocycles. The zero-order chi connectivity index (χ0) is 21.6. The average Bonchev–Trinajstić information content (AvgIpc) is 3.54. The third kappa shape index (κ3) is 6.81. The smallest absolute Gasteiger partial charge is 0.241 e. The van der Waals surface area contributed by atoms with E-state index in [1.807, 2.05) is 36.4 Å². The Hall–Kier alpha value is -2.36. The summed E-state index contributed by atoms with van der Waals surface area (Å²) < 4.78 is 19.5. The molecule has 0 saturated heterocycles. The Morgan fingerprint density at radius 1 is 1.13 bits per heavy atom. The highest BCUT2D eigenvalue weighted by molar-refractivity contribution is 14.0. The predicted octanol–water partition coefficient (Wildman–Crippen LogP) is 3.31. The fraction of sp³-hybridized carbons (Fsp3) is 0.391. The molecule has 0 radical (unpaired) electrons. The minimum absolute atomic E-state index is 0. The summed E-state index contributed by atoms with van der Waals surface area (Å²) in [5.41, 5.74) is 1.53. The SMILES string of the molecule is COc1ccc(CN=C(NCC(=O)N(C)C)NCC2(c3ccccc3F)CC2)cc1.I. The Balaban J connectivity index is 0.00000341. The van der Waals surface area contributed by atoms with Crippen molar-refractivity contribution in [2.24, 2.45) is 4.99 Å². The fourth-order valence-electron chi connectivity index (χ4n) is 3.23. The molecule has 6 nitrogen and oxygen atoms in total. The lowest BCUT2D eigenvalue weighted by molar-refractivity contribution is -0.127. The highest BCUT2D eigenvalue weighted by atomic mass is 127. The first kappa shape index (κ1) is 24.9. The van der Waals surface area contributed by atoms with E-state index < -0.39 is 0 Å². The van der Waals surface area contributed by atoms with E-state index in [-0.39, 0.29) is 47.7 Å². The maximum absolute atomic E-state index is 14.3. The number of benzene rings is 2. The van der Waals surface area contributed by atoms with Gasteiger partial charge in [0.05, 0.1) is 20.2 Å². The predicted molar refractivity (Wildman–Crippen MR) is 132 cm³/mol. The maximum atomic E-state index is 14.3. The monoisotopic (exact) mass is 540 g/mol. The van der Waals surface area contributed by atoms with E-state index >= 15 is 0 Å². The lowest BCUT2D eigenvalue weighted by Crippen LogP contribution is -2.45. The molecule has 1 amide bonds. The molecular formula is C23H30FIN4O2. The van der Waals surface area contributed by atoms with E-state index in [0.29, 0.717) is 19.0 Å². The number of nitrogens with one attached hydrogen (secondary N) is 2. The van der Waals surface area contributed by atoms with Crippen LogP contribution in [-0.2, 0) is 16.8 Å². The first-order valence-corrected chi connectivity index (χ1v) is 10.0. The first-order chi connectivity index (χ1) is 14.4. The van der Waals surface area contributed by atoms with Crippen LogP contribution in [0.1, 0.15) is 24.0 Å². The van der Waals surface area contributed by atoms with Gasteiger partial charge in [-0.25, -0.2) is 9.38 Å². The molecule has 0 unspecified atom stereocenters. The van der Waals surface area contributed by atoms with Gasteiger partial charge >= 0.3 is 0 Å². The van der Waals surface area contributed by atoms with Gasteiger partial charge in [0.25, 0.3) is 0 Å². The van der Waals surface area contributed by atoms with Crippen molar-refractivity contribution >= 4 is 35.8 Å². The molecule has 0 aliphatic heterocycles. The van der Waals surface area contributed by atoms with E-state index in [4.69, 9.17) is 4.74 Å². The molecule has 1 fully saturated rings. The molecule has 3 rings (SSSR count). The lowest BCUT2D eigenvalue weighted by Gasteiger charge is -2.20. The fourth-order valence-corrected chi connectivity index (χ4v) is 3.23. The van der Waals surface area contributed by atoms with E-state index in [2.05, 4.69) is 15.6 Å². The summed E-state index contributed by atoms with van der Waals surface area (Å²) in [5, 5.41) is 6.40. The highest BCUT2D eigenvalue weighted by Gasteiger charge is 2.45. The van der Waals surface area contributed by atoms with Crippen LogP contribution < -0.4 is 15.4 Å². The van der Waals surface area contributed by atoms with Gasteiger partial charge in [0.15, 0.2) is 5.96 Å². The number of aliphatic imine (C=N–C) groups is 1. The second-order valence-electron chi connectivity index (χ2n) is 7.77. The van der Waals surface area contributed by atoms with Crippen molar-refractivity contribution in [2.45, 2.75) is 24.8 Å². The van der Waals surface area contributed by atoms with Gasteiger partial charge in [-0.05, 0) is 42.2 Å². The van der Waals surface area contributed by atoms with Crippen molar-refractivity contribution in [3.05, 3.63) is 65.5 Å². The van der Waals surface area contributed by atoms with Crippen LogP contribution in [0.25, 0.3) is 0 Å².